The predicted molar refractivity (Wildman–Crippen MR) is 73.5 cm³/mol. The van der Waals surface area contributed by atoms with Gasteiger partial charge < -0.3 is 0 Å². The van der Waals surface area contributed by atoms with E-state index in [2.05, 4.69) is 28.7 Å². The zero-order valence-corrected chi connectivity index (χ0v) is 11.1. The quantitative estimate of drug-likeness (QED) is 0.816. The first-order chi connectivity index (χ1) is 8.66. The van der Waals surface area contributed by atoms with Crippen LogP contribution in [0.15, 0.2) is 29.4 Å². The number of carbonyl (C=O) groups is 1. The maximum absolute atomic E-state index is 11.6. The second-order valence-electron chi connectivity index (χ2n) is 5.20. The summed E-state index contributed by atoms with van der Waals surface area (Å²) >= 11 is 0. The third-order valence-electron chi connectivity index (χ3n) is 3.10. The number of rotatable bonds is 3. The second kappa shape index (κ2) is 5.80. The molecule has 0 unspecified atom stereocenters. The van der Waals surface area contributed by atoms with Gasteiger partial charge in [0, 0.05) is 12.0 Å². The molecule has 0 heterocycles. The van der Waals surface area contributed by atoms with Gasteiger partial charge in [-0.15, -0.1) is 0 Å². The minimum absolute atomic E-state index is 0.000514. The van der Waals surface area contributed by atoms with Gasteiger partial charge in [0.25, 0.3) is 0 Å². The molecule has 1 aliphatic rings. The number of carbonyl (C=O) groups excluding carboxylic acids is 1. The van der Waals surface area contributed by atoms with E-state index in [-0.39, 0.29) is 5.91 Å². The molecular formula is C15H20N2O. The average Bonchev–Trinajstić information content (AvgIpc) is 2.35. The van der Waals surface area contributed by atoms with Crippen LogP contribution in [0.4, 0.5) is 0 Å². The lowest BCUT2D eigenvalue weighted by atomic mass is 9.90. The van der Waals surface area contributed by atoms with Crippen LogP contribution in [0.1, 0.15) is 44.2 Å². The highest BCUT2D eigenvalue weighted by molar-refractivity contribution is 6.03. The molecule has 1 amide bonds. The van der Waals surface area contributed by atoms with E-state index in [9.17, 15) is 4.79 Å². The molecule has 0 saturated carbocycles. The number of hydrazone groups is 1. The second-order valence-corrected chi connectivity index (χ2v) is 5.20. The van der Waals surface area contributed by atoms with Crippen molar-refractivity contribution in [3.63, 3.8) is 0 Å². The van der Waals surface area contributed by atoms with Crippen molar-refractivity contribution in [3.8, 4) is 0 Å². The van der Waals surface area contributed by atoms with Crippen molar-refractivity contribution in [1.29, 1.82) is 0 Å². The summed E-state index contributed by atoms with van der Waals surface area (Å²) in [6.07, 6.45) is 3.68. The average molecular weight is 244 g/mol. The summed E-state index contributed by atoms with van der Waals surface area (Å²) in [5.74, 6) is 0.365. The van der Waals surface area contributed by atoms with Gasteiger partial charge in [-0.05, 0) is 30.7 Å². The first-order valence-electron chi connectivity index (χ1n) is 6.60. The normalized spacial score (nSPS) is 16.7. The molecule has 0 radical (unpaired) electrons. The standard InChI is InChI=1S/C15H20N2O/c1-11(2)10-15(18)17-16-14-9-5-7-12-6-3-4-8-13(12)14/h3-4,6,8,11H,5,7,9-10H2,1-2H3,(H,17,18)/b16-14-. The van der Waals surface area contributed by atoms with Crippen molar-refractivity contribution >= 4 is 11.6 Å². The maximum Gasteiger partial charge on any atom is 0.240 e. The van der Waals surface area contributed by atoms with E-state index in [1.807, 2.05) is 19.9 Å². The molecule has 0 spiro atoms. The lowest BCUT2D eigenvalue weighted by Crippen LogP contribution is -2.23. The summed E-state index contributed by atoms with van der Waals surface area (Å²) in [6, 6.07) is 8.30. The monoisotopic (exact) mass is 244 g/mol. The molecular weight excluding hydrogens is 224 g/mol. The Balaban J connectivity index is 2.08. The summed E-state index contributed by atoms with van der Waals surface area (Å²) in [4.78, 5) is 11.6. The van der Waals surface area contributed by atoms with Gasteiger partial charge in [-0.25, -0.2) is 5.43 Å². The molecule has 0 atom stereocenters. The summed E-state index contributed by atoms with van der Waals surface area (Å²) in [7, 11) is 0. The van der Waals surface area contributed by atoms with Crippen molar-refractivity contribution < 1.29 is 4.79 Å². The van der Waals surface area contributed by atoms with E-state index in [0.717, 1.165) is 25.0 Å². The topological polar surface area (TPSA) is 41.5 Å². The number of benzene rings is 1. The van der Waals surface area contributed by atoms with Crippen molar-refractivity contribution in [1.82, 2.24) is 5.43 Å². The van der Waals surface area contributed by atoms with Crippen molar-refractivity contribution in [2.75, 3.05) is 0 Å². The maximum atomic E-state index is 11.6. The van der Waals surface area contributed by atoms with Crippen LogP contribution in [0.3, 0.4) is 0 Å². The van der Waals surface area contributed by atoms with Crippen LogP contribution in [0.25, 0.3) is 0 Å². The van der Waals surface area contributed by atoms with E-state index in [0.29, 0.717) is 12.3 Å². The first kappa shape index (κ1) is 12.8. The Morgan fingerprint density at radius 2 is 2.11 bits per heavy atom. The highest BCUT2D eigenvalue weighted by atomic mass is 16.2. The van der Waals surface area contributed by atoms with Crippen LogP contribution < -0.4 is 5.43 Å². The van der Waals surface area contributed by atoms with Crippen molar-refractivity contribution in [2.45, 2.75) is 39.5 Å². The van der Waals surface area contributed by atoms with Crippen LogP contribution >= 0.6 is 0 Å². The Kier molecular flexibility index (Phi) is 4.13. The Morgan fingerprint density at radius 3 is 2.89 bits per heavy atom. The number of nitrogens with zero attached hydrogens (tertiary/aromatic N) is 1. The highest BCUT2D eigenvalue weighted by Gasteiger charge is 2.15. The van der Waals surface area contributed by atoms with E-state index in [1.165, 1.54) is 11.1 Å². The molecule has 1 aromatic carbocycles. The fourth-order valence-electron chi connectivity index (χ4n) is 2.26. The van der Waals surface area contributed by atoms with Crippen LogP contribution in [-0.2, 0) is 11.2 Å². The van der Waals surface area contributed by atoms with Crippen LogP contribution in [-0.4, -0.2) is 11.6 Å². The minimum Gasteiger partial charge on any atom is -0.273 e. The van der Waals surface area contributed by atoms with Gasteiger partial charge in [0.1, 0.15) is 0 Å². The molecule has 3 nitrogen and oxygen atoms in total. The third-order valence-corrected chi connectivity index (χ3v) is 3.10. The summed E-state index contributed by atoms with van der Waals surface area (Å²) in [6.45, 7) is 4.06. The van der Waals surface area contributed by atoms with Crippen molar-refractivity contribution in [3.05, 3.63) is 35.4 Å². The largest absolute Gasteiger partial charge is 0.273 e. The van der Waals surface area contributed by atoms with Gasteiger partial charge in [-0.3, -0.25) is 4.79 Å². The van der Waals surface area contributed by atoms with Gasteiger partial charge in [0.2, 0.25) is 5.91 Å². The van der Waals surface area contributed by atoms with E-state index >= 15 is 0 Å². The van der Waals surface area contributed by atoms with Gasteiger partial charge in [-0.2, -0.15) is 5.10 Å². The molecule has 18 heavy (non-hydrogen) atoms. The van der Waals surface area contributed by atoms with E-state index < -0.39 is 0 Å². The van der Waals surface area contributed by atoms with E-state index in [4.69, 9.17) is 0 Å². The van der Waals surface area contributed by atoms with Crippen LogP contribution in [0.2, 0.25) is 0 Å². The zero-order valence-electron chi connectivity index (χ0n) is 11.1. The smallest absolute Gasteiger partial charge is 0.240 e. The lowest BCUT2D eigenvalue weighted by Gasteiger charge is -2.17. The molecule has 0 bridgehead atoms. The van der Waals surface area contributed by atoms with Crippen molar-refractivity contribution in [2.24, 2.45) is 11.0 Å². The van der Waals surface area contributed by atoms with Gasteiger partial charge >= 0.3 is 0 Å². The van der Waals surface area contributed by atoms with Crippen LogP contribution in [0, 0.1) is 5.92 Å². The molecule has 0 aliphatic heterocycles. The molecule has 96 valence electrons. The Bertz CT molecular complexity index is 463. The molecule has 1 aromatic rings. The molecule has 3 heteroatoms. The van der Waals surface area contributed by atoms with Crippen LogP contribution in [0.5, 0.6) is 0 Å². The number of hydrogen-bond donors (Lipinski definition) is 1. The third kappa shape index (κ3) is 3.19. The van der Waals surface area contributed by atoms with Gasteiger partial charge in [0.15, 0.2) is 0 Å². The summed E-state index contributed by atoms with van der Waals surface area (Å²) in [5.41, 5.74) is 6.20. The van der Waals surface area contributed by atoms with E-state index in [1.54, 1.807) is 0 Å². The number of fused-ring (bicyclic) bond motifs is 1. The molecule has 2 rings (SSSR count). The first-order valence-corrected chi connectivity index (χ1v) is 6.60. The van der Waals surface area contributed by atoms with Gasteiger partial charge in [0.05, 0.1) is 5.71 Å². The molecule has 1 N–H and O–H groups in total. The highest BCUT2D eigenvalue weighted by Crippen LogP contribution is 2.21. The number of nitrogens with one attached hydrogen (secondary N) is 1. The van der Waals surface area contributed by atoms with Gasteiger partial charge in [-0.1, -0.05) is 38.1 Å². The number of amides is 1. The lowest BCUT2D eigenvalue weighted by molar-refractivity contribution is -0.121. The summed E-state index contributed by atoms with van der Waals surface area (Å²) in [5, 5.41) is 4.29. The zero-order chi connectivity index (χ0) is 13.0. The fourth-order valence-corrected chi connectivity index (χ4v) is 2.26. The Labute approximate surface area is 108 Å². The fraction of sp³-hybridized carbons (Fsp3) is 0.467. The number of hydrogen-bond acceptors (Lipinski definition) is 2. The Morgan fingerprint density at radius 1 is 1.33 bits per heavy atom. The predicted octanol–water partition coefficient (Wildman–Crippen LogP) is 2.89. The molecule has 0 fully saturated rings. The molecule has 0 aromatic heterocycles. The summed E-state index contributed by atoms with van der Waals surface area (Å²) < 4.78 is 0. The minimum atomic E-state index is 0.000514. The number of aryl methyl sites for hydroxylation is 1. The SMILES string of the molecule is CC(C)CC(=O)N/N=C1/CCCc2ccccc21. The molecule has 0 saturated heterocycles. The molecule has 1 aliphatic carbocycles. The Hall–Kier alpha value is -1.64.